The first-order chi connectivity index (χ1) is 10.2. The molecule has 1 aromatic heterocycles. The minimum Gasteiger partial charge on any atom is -0.392 e. The molecule has 0 aliphatic heterocycles. The summed E-state index contributed by atoms with van der Waals surface area (Å²) in [5, 5.41) is 21.0. The number of fused-ring (bicyclic) bond motifs is 1. The lowest BCUT2D eigenvalue weighted by Crippen LogP contribution is -1.98. The predicted octanol–water partition coefficient (Wildman–Crippen LogP) is 3.09. The third kappa shape index (κ3) is 2.51. The van der Waals surface area contributed by atoms with Gasteiger partial charge in [-0.25, -0.2) is 0 Å². The van der Waals surface area contributed by atoms with E-state index in [1.807, 2.05) is 30.5 Å². The molecule has 3 aromatic rings. The van der Waals surface area contributed by atoms with E-state index in [0.29, 0.717) is 6.54 Å². The molecule has 5 nitrogen and oxygen atoms in total. The average molecular weight is 282 g/mol. The van der Waals surface area contributed by atoms with E-state index in [1.54, 1.807) is 12.1 Å². The molecule has 1 heterocycles. The van der Waals surface area contributed by atoms with E-state index in [4.69, 9.17) is 0 Å². The van der Waals surface area contributed by atoms with Crippen LogP contribution in [-0.2, 0) is 13.2 Å². The van der Waals surface area contributed by atoms with Crippen LogP contribution in [0.25, 0.3) is 10.9 Å². The zero-order valence-electron chi connectivity index (χ0n) is 11.3. The fourth-order valence-corrected chi connectivity index (χ4v) is 2.48. The molecule has 0 saturated carbocycles. The van der Waals surface area contributed by atoms with Crippen molar-refractivity contribution in [3.8, 4) is 0 Å². The highest BCUT2D eigenvalue weighted by atomic mass is 16.6. The molecular formula is C16H14N2O3. The fourth-order valence-electron chi connectivity index (χ4n) is 2.48. The molecule has 1 N–H and O–H groups in total. The number of rotatable bonds is 4. The van der Waals surface area contributed by atoms with Crippen molar-refractivity contribution >= 4 is 16.6 Å². The predicted molar refractivity (Wildman–Crippen MR) is 80.1 cm³/mol. The van der Waals surface area contributed by atoms with Crippen LogP contribution in [-0.4, -0.2) is 14.6 Å². The largest absolute Gasteiger partial charge is 0.392 e. The molecule has 0 amide bonds. The maximum absolute atomic E-state index is 10.7. The Labute approximate surface area is 121 Å². The first-order valence-corrected chi connectivity index (χ1v) is 6.60. The first-order valence-electron chi connectivity index (χ1n) is 6.60. The highest BCUT2D eigenvalue weighted by Gasteiger charge is 2.07. The molecule has 2 aromatic carbocycles. The lowest BCUT2D eigenvalue weighted by molar-refractivity contribution is -0.384. The summed E-state index contributed by atoms with van der Waals surface area (Å²) in [6.07, 6.45) is 1.96. The molecule has 0 bridgehead atoms. The molecule has 0 spiro atoms. The fraction of sp³-hybridized carbons (Fsp3) is 0.125. The molecule has 0 fully saturated rings. The third-order valence-electron chi connectivity index (χ3n) is 3.57. The zero-order chi connectivity index (χ0) is 14.8. The number of hydrogen-bond acceptors (Lipinski definition) is 3. The van der Waals surface area contributed by atoms with Crippen LogP contribution in [0.15, 0.2) is 54.7 Å². The summed E-state index contributed by atoms with van der Waals surface area (Å²) in [5.41, 5.74) is 3.03. The van der Waals surface area contributed by atoms with Crippen LogP contribution in [0.4, 0.5) is 5.69 Å². The van der Waals surface area contributed by atoms with E-state index < -0.39 is 4.92 Å². The first kappa shape index (κ1) is 13.3. The normalized spacial score (nSPS) is 10.9. The molecular weight excluding hydrogens is 268 g/mol. The van der Waals surface area contributed by atoms with E-state index in [9.17, 15) is 15.2 Å². The number of nitro benzene ring substituents is 1. The van der Waals surface area contributed by atoms with Crippen LogP contribution < -0.4 is 0 Å². The quantitative estimate of drug-likeness (QED) is 0.590. The van der Waals surface area contributed by atoms with Crippen molar-refractivity contribution in [2.75, 3.05) is 0 Å². The summed E-state index contributed by atoms with van der Waals surface area (Å²) in [7, 11) is 0. The number of hydrogen-bond donors (Lipinski definition) is 1. The topological polar surface area (TPSA) is 68.3 Å². The number of nitro groups is 1. The van der Waals surface area contributed by atoms with Gasteiger partial charge in [0.05, 0.1) is 11.5 Å². The van der Waals surface area contributed by atoms with Gasteiger partial charge in [-0.2, -0.15) is 0 Å². The molecule has 21 heavy (non-hydrogen) atoms. The second-order valence-electron chi connectivity index (χ2n) is 4.88. The highest BCUT2D eigenvalue weighted by Crippen LogP contribution is 2.22. The van der Waals surface area contributed by atoms with E-state index in [0.717, 1.165) is 22.0 Å². The Morgan fingerprint density at radius 1 is 1.10 bits per heavy atom. The second kappa shape index (κ2) is 5.38. The molecule has 5 heteroatoms. The Morgan fingerprint density at radius 3 is 2.52 bits per heavy atom. The highest BCUT2D eigenvalue weighted by molar-refractivity contribution is 5.83. The molecule has 0 radical (unpaired) electrons. The van der Waals surface area contributed by atoms with Crippen LogP contribution in [0.2, 0.25) is 0 Å². The van der Waals surface area contributed by atoms with E-state index in [-0.39, 0.29) is 12.3 Å². The van der Waals surface area contributed by atoms with Crippen molar-refractivity contribution in [3.05, 3.63) is 76.0 Å². The minimum atomic E-state index is -0.400. The zero-order valence-corrected chi connectivity index (χ0v) is 11.3. The molecule has 0 atom stereocenters. The molecule has 0 unspecified atom stereocenters. The Kier molecular flexibility index (Phi) is 3.41. The Balaban J connectivity index is 1.93. The van der Waals surface area contributed by atoms with Crippen molar-refractivity contribution in [2.45, 2.75) is 13.2 Å². The van der Waals surface area contributed by atoms with Crippen LogP contribution >= 0.6 is 0 Å². The maximum atomic E-state index is 10.7. The van der Waals surface area contributed by atoms with Gasteiger partial charge >= 0.3 is 0 Å². The van der Waals surface area contributed by atoms with Crippen molar-refractivity contribution in [1.29, 1.82) is 0 Å². The summed E-state index contributed by atoms with van der Waals surface area (Å²) < 4.78 is 2.07. The van der Waals surface area contributed by atoms with E-state index in [2.05, 4.69) is 4.57 Å². The van der Waals surface area contributed by atoms with Gasteiger partial charge in [-0.3, -0.25) is 10.1 Å². The number of aromatic nitrogens is 1. The minimum absolute atomic E-state index is 0.0128. The lowest BCUT2D eigenvalue weighted by Gasteiger charge is -2.06. The van der Waals surface area contributed by atoms with Gasteiger partial charge in [-0.1, -0.05) is 24.3 Å². The van der Waals surface area contributed by atoms with Crippen LogP contribution in [0.3, 0.4) is 0 Å². The Morgan fingerprint density at radius 2 is 1.86 bits per heavy atom. The SMILES string of the molecule is O=[N+]([O-])c1ccc(Cn2ccc3c(CO)cccc32)cc1. The molecule has 106 valence electrons. The van der Waals surface area contributed by atoms with Crippen molar-refractivity contribution in [1.82, 2.24) is 4.57 Å². The molecule has 0 saturated heterocycles. The van der Waals surface area contributed by atoms with Gasteiger partial charge < -0.3 is 9.67 Å². The maximum Gasteiger partial charge on any atom is 0.269 e. The van der Waals surface area contributed by atoms with Crippen molar-refractivity contribution in [2.24, 2.45) is 0 Å². The molecule has 0 aliphatic carbocycles. The van der Waals surface area contributed by atoms with E-state index >= 15 is 0 Å². The van der Waals surface area contributed by atoms with Gasteiger partial charge in [0, 0.05) is 35.8 Å². The third-order valence-corrected chi connectivity index (χ3v) is 3.57. The molecule has 3 rings (SSSR count). The summed E-state index contributed by atoms with van der Waals surface area (Å²) in [5.74, 6) is 0. The number of aliphatic hydroxyl groups excluding tert-OH is 1. The summed E-state index contributed by atoms with van der Waals surface area (Å²) in [4.78, 5) is 10.3. The summed E-state index contributed by atoms with van der Waals surface area (Å²) in [6.45, 7) is 0.648. The van der Waals surface area contributed by atoms with Gasteiger partial charge in [-0.15, -0.1) is 0 Å². The average Bonchev–Trinajstić information content (AvgIpc) is 2.91. The molecule has 0 aliphatic rings. The second-order valence-corrected chi connectivity index (χ2v) is 4.88. The number of non-ortho nitro benzene ring substituents is 1. The van der Waals surface area contributed by atoms with Gasteiger partial charge in [0.1, 0.15) is 0 Å². The standard InChI is InChI=1S/C16H14N2O3/c19-11-13-2-1-3-16-15(13)8-9-17(16)10-12-4-6-14(7-5-12)18(20)21/h1-9,19H,10-11H2. The van der Waals surface area contributed by atoms with E-state index in [1.165, 1.54) is 12.1 Å². The number of aliphatic hydroxyl groups is 1. The van der Waals surface area contributed by atoms with Crippen LogP contribution in [0.1, 0.15) is 11.1 Å². The lowest BCUT2D eigenvalue weighted by atomic mass is 10.1. The van der Waals surface area contributed by atoms with Crippen molar-refractivity contribution in [3.63, 3.8) is 0 Å². The van der Waals surface area contributed by atoms with Crippen LogP contribution in [0.5, 0.6) is 0 Å². The summed E-state index contributed by atoms with van der Waals surface area (Å²) >= 11 is 0. The number of benzene rings is 2. The number of nitrogens with zero attached hydrogens (tertiary/aromatic N) is 2. The monoisotopic (exact) mass is 282 g/mol. The van der Waals surface area contributed by atoms with Crippen LogP contribution in [0, 0.1) is 10.1 Å². The van der Waals surface area contributed by atoms with Gasteiger partial charge in [-0.05, 0) is 23.3 Å². The van der Waals surface area contributed by atoms with Gasteiger partial charge in [0.25, 0.3) is 5.69 Å². The Bertz CT molecular complexity index is 791. The van der Waals surface area contributed by atoms with Crippen molar-refractivity contribution < 1.29 is 10.0 Å². The smallest absolute Gasteiger partial charge is 0.269 e. The summed E-state index contributed by atoms with van der Waals surface area (Å²) in [6, 6.07) is 14.4. The Hall–Kier alpha value is -2.66. The van der Waals surface area contributed by atoms with Gasteiger partial charge in [0.2, 0.25) is 0 Å². The van der Waals surface area contributed by atoms with Gasteiger partial charge in [0.15, 0.2) is 0 Å².